The molecule has 180 valence electrons. The highest BCUT2D eigenvalue weighted by molar-refractivity contribution is 5.94. The number of nitrogens with zero attached hydrogens (tertiary/aromatic N) is 2. The monoisotopic (exact) mass is 468 g/mol. The van der Waals surface area contributed by atoms with Crippen molar-refractivity contribution >= 4 is 29.0 Å². The number of carbonyl (C=O) groups excluding carboxylic acids is 1. The first-order chi connectivity index (χ1) is 16.4. The molecule has 1 aromatic heterocycles. The van der Waals surface area contributed by atoms with Crippen molar-refractivity contribution in [2.24, 2.45) is 0 Å². The first-order valence-corrected chi connectivity index (χ1v) is 11.3. The van der Waals surface area contributed by atoms with Gasteiger partial charge in [-0.15, -0.1) is 0 Å². The van der Waals surface area contributed by atoms with Crippen LogP contribution in [0.2, 0.25) is 0 Å². The van der Waals surface area contributed by atoms with Crippen molar-refractivity contribution in [3.05, 3.63) is 71.4 Å². The summed E-state index contributed by atoms with van der Waals surface area (Å²) < 4.78 is 27.9. The van der Waals surface area contributed by atoms with Crippen molar-refractivity contribution in [2.75, 3.05) is 29.5 Å². The molecule has 1 heterocycles. The van der Waals surface area contributed by atoms with Crippen molar-refractivity contribution in [1.29, 1.82) is 0 Å². The van der Waals surface area contributed by atoms with E-state index in [1.54, 1.807) is 44.4 Å². The molecule has 0 radical (unpaired) electrons. The maximum atomic E-state index is 14.5. The molecule has 7 nitrogen and oxygen atoms in total. The summed E-state index contributed by atoms with van der Waals surface area (Å²) in [6.45, 7) is 4.50. The zero-order valence-electron chi connectivity index (χ0n) is 19.6. The first kappa shape index (κ1) is 25.0. The average Bonchev–Trinajstić information content (AvgIpc) is 2.83. The smallest absolute Gasteiger partial charge is 0.241 e. The van der Waals surface area contributed by atoms with Crippen LogP contribution < -0.4 is 21.3 Å². The van der Waals surface area contributed by atoms with Crippen LogP contribution in [0.4, 0.5) is 31.9 Å². The van der Waals surface area contributed by atoms with Gasteiger partial charge in [0.25, 0.3) is 0 Å². The van der Waals surface area contributed by atoms with E-state index >= 15 is 0 Å². The van der Waals surface area contributed by atoms with E-state index in [4.69, 9.17) is 0 Å². The van der Waals surface area contributed by atoms with Crippen molar-refractivity contribution in [1.82, 2.24) is 15.3 Å². The summed E-state index contributed by atoms with van der Waals surface area (Å²) in [5.41, 5.74) is 2.40. The molecule has 0 fully saturated rings. The second kappa shape index (κ2) is 12.0. The Morgan fingerprint density at radius 1 is 1.06 bits per heavy atom. The van der Waals surface area contributed by atoms with E-state index < -0.39 is 0 Å². The van der Waals surface area contributed by atoms with Gasteiger partial charge in [-0.2, -0.15) is 4.98 Å². The molecule has 2 aromatic carbocycles. The van der Waals surface area contributed by atoms with Crippen LogP contribution >= 0.6 is 0 Å². The lowest BCUT2D eigenvalue weighted by atomic mass is 10.0. The minimum Gasteiger partial charge on any atom is -0.370 e. The SMILES string of the molecule is CCCNc1nc(Nc2cccc(F)c2)ncc1CCc1cc(NC(=O)C(C)NC)ccc1F. The number of aryl methyl sites for hydroxylation is 2. The summed E-state index contributed by atoms with van der Waals surface area (Å²) >= 11 is 0. The molecule has 0 saturated carbocycles. The van der Waals surface area contributed by atoms with Crippen LogP contribution in [0, 0.1) is 11.6 Å². The third kappa shape index (κ3) is 6.95. The van der Waals surface area contributed by atoms with Crippen molar-refractivity contribution in [2.45, 2.75) is 39.2 Å². The molecule has 0 aliphatic heterocycles. The Bertz CT molecular complexity index is 1120. The molecular formula is C25H30F2N6O. The van der Waals surface area contributed by atoms with Gasteiger partial charge in [0.05, 0.1) is 6.04 Å². The van der Waals surface area contributed by atoms with Gasteiger partial charge in [0.2, 0.25) is 11.9 Å². The summed E-state index contributed by atoms with van der Waals surface area (Å²) in [6.07, 6.45) is 3.48. The fraction of sp³-hybridized carbons (Fsp3) is 0.320. The van der Waals surface area contributed by atoms with Crippen LogP contribution in [0.25, 0.3) is 0 Å². The van der Waals surface area contributed by atoms with Crippen LogP contribution in [0.1, 0.15) is 31.4 Å². The molecule has 1 amide bonds. The standard InChI is InChI=1S/C25H30F2N6O/c1-4-12-29-23-18(15-30-25(33-23)32-20-7-5-6-19(26)14-20)9-8-17-13-21(10-11-22(17)27)31-24(34)16(2)28-3/h5-7,10-11,13-16,28H,4,8-9,12H2,1-3H3,(H,31,34)(H2,29,30,32,33). The maximum absolute atomic E-state index is 14.5. The minimum absolute atomic E-state index is 0.194. The third-order valence-electron chi connectivity index (χ3n) is 5.29. The number of hydrogen-bond acceptors (Lipinski definition) is 6. The van der Waals surface area contributed by atoms with E-state index in [0.717, 1.165) is 12.0 Å². The Morgan fingerprint density at radius 3 is 2.59 bits per heavy atom. The van der Waals surface area contributed by atoms with E-state index in [9.17, 15) is 13.6 Å². The Balaban J connectivity index is 1.75. The van der Waals surface area contributed by atoms with Crippen LogP contribution in [0.3, 0.4) is 0 Å². The summed E-state index contributed by atoms with van der Waals surface area (Å²) in [5, 5.41) is 12.0. The average molecular weight is 469 g/mol. The molecule has 0 aliphatic carbocycles. The highest BCUT2D eigenvalue weighted by Crippen LogP contribution is 2.22. The fourth-order valence-electron chi connectivity index (χ4n) is 3.24. The largest absolute Gasteiger partial charge is 0.370 e. The van der Waals surface area contributed by atoms with Gasteiger partial charge in [0, 0.05) is 29.7 Å². The second-order valence-electron chi connectivity index (χ2n) is 7.94. The molecule has 0 saturated heterocycles. The van der Waals surface area contributed by atoms with Crippen LogP contribution in [-0.2, 0) is 17.6 Å². The van der Waals surface area contributed by atoms with E-state index in [-0.39, 0.29) is 23.6 Å². The van der Waals surface area contributed by atoms with Gasteiger partial charge in [-0.05, 0) is 75.2 Å². The summed E-state index contributed by atoms with van der Waals surface area (Å²) in [4.78, 5) is 21.0. The summed E-state index contributed by atoms with van der Waals surface area (Å²) in [7, 11) is 1.70. The highest BCUT2D eigenvalue weighted by atomic mass is 19.1. The van der Waals surface area contributed by atoms with E-state index in [0.29, 0.717) is 48.1 Å². The number of carbonyl (C=O) groups is 1. The summed E-state index contributed by atoms with van der Waals surface area (Å²) in [5.74, 6) is 0.0895. The maximum Gasteiger partial charge on any atom is 0.241 e. The third-order valence-corrected chi connectivity index (χ3v) is 5.29. The van der Waals surface area contributed by atoms with E-state index in [1.807, 2.05) is 6.92 Å². The highest BCUT2D eigenvalue weighted by Gasteiger charge is 2.13. The number of halogens is 2. The molecule has 0 bridgehead atoms. The molecule has 4 N–H and O–H groups in total. The lowest BCUT2D eigenvalue weighted by Crippen LogP contribution is -2.35. The van der Waals surface area contributed by atoms with Crippen molar-refractivity contribution < 1.29 is 13.6 Å². The molecular weight excluding hydrogens is 438 g/mol. The predicted molar refractivity (Wildman–Crippen MR) is 131 cm³/mol. The fourth-order valence-corrected chi connectivity index (χ4v) is 3.24. The van der Waals surface area contributed by atoms with Gasteiger partial charge < -0.3 is 21.3 Å². The van der Waals surface area contributed by atoms with E-state index in [1.165, 1.54) is 18.2 Å². The normalized spacial score (nSPS) is 11.7. The zero-order valence-corrected chi connectivity index (χ0v) is 19.6. The molecule has 1 unspecified atom stereocenters. The summed E-state index contributed by atoms with van der Waals surface area (Å²) in [6, 6.07) is 10.2. The van der Waals surface area contributed by atoms with Gasteiger partial charge in [-0.1, -0.05) is 13.0 Å². The Labute approximate surface area is 198 Å². The zero-order chi connectivity index (χ0) is 24.5. The van der Waals surface area contributed by atoms with Gasteiger partial charge >= 0.3 is 0 Å². The topological polar surface area (TPSA) is 91.0 Å². The number of nitrogens with one attached hydrogen (secondary N) is 4. The van der Waals surface area contributed by atoms with Gasteiger partial charge in [-0.3, -0.25) is 4.79 Å². The number of likely N-dealkylation sites (N-methyl/N-ethyl adjacent to an activating group) is 1. The number of amides is 1. The van der Waals surface area contributed by atoms with Gasteiger partial charge in [-0.25, -0.2) is 13.8 Å². The number of benzene rings is 2. The van der Waals surface area contributed by atoms with Crippen molar-refractivity contribution in [3.8, 4) is 0 Å². The molecule has 9 heteroatoms. The second-order valence-corrected chi connectivity index (χ2v) is 7.94. The predicted octanol–water partition coefficient (Wildman–Crippen LogP) is 4.65. The van der Waals surface area contributed by atoms with Crippen LogP contribution in [0.15, 0.2) is 48.7 Å². The Morgan fingerprint density at radius 2 is 1.85 bits per heavy atom. The van der Waals surface area contributed by atoms with Crippen molar-refractivity contribution in [3.63, 3.8) is 0 Å². The number of aromatic nitrogens is 2. The molecule has 3 aromatic rings. The van der Waals surface area contributed by atoms with E-state index in [2.05, 4.69) is 31.2 Å². The van der Waals surface area contributed by atoms with Crippen LogP contribution in [0.5, 0.6) is 0 Å². The quantitative estimate of drug-likeness (QED) is 0.327. The molecule has 3 rings (SSSR count). The first-order valence-electron chi connectivity index (χ1n) is 11.3. The van der Waals surface area contributed by atoms with Gasteiger partial charge in [0.1, 0.15) is 17.5 Å². The van der Waals surface area contributed by atoms with Crippen LogP contribution in [-0.4, -0.2) is 35.5 Å². The molecule has 0 aliphatic rings. The minimum atomic E-state index is -0.364. The lowest BCUT2D eigenvalue weighted by molar-refractivity contribution is -0.117. The Hall–Kier alpha value is -3.59. The number of anilines is 4. The van der Waals surface area contributed by atoms with Gasteiger partial charge in [0.15, 0.2) is 0 Å². The number of rotatable bonds is 11. The molecule has 0 spiro atoms. The molecule has 1 atom stereocenters. The molecule has 34 heavy (non-hydrogen) atoms. The lowest BCUT2D eigenvalue weighted by Gasteiger charge is -2.14. The number of hydrogen-bond donors (Lipinski definition) is 4. The Kier molecular flexibility index (Phi) is 8.86.